The molecule has 2 fully saturated rings. The highest BCUT2D eigenvalue weighted by atomic mass is 16.5. The van der Waals surface area contributed by atoms with Crippen LogP contribution in [0.15, 0.2) is 30.3 Å². The van der Waals surface area contributed by atoms with E-state index in [1.807, 2.05) is 38.1 Å². The van der Waals surface area contributed by atoms with E-state index in [2.05, 4.69) is 5.10 Å². The zero-order valence-electron chi connectivity index (χ0n) is 16.6. The van der Waals surface area contributed by atoms with Gasteiger partial charge in [-0.15, -0.1) is 0 Å². The van der Waals surface area contributed by atoms with Gasteiger partial charge in [-0.05, 0) is 56.9 Å². The van der Waals surface area contributed by atoms with Gasteiger partial charge in [0.05, 0.1) is 18.2 Å². The summed E-state index contributed by atoms with van der Waals surface area (Å²) in [7, 11) is 1.63. The number of benzene rings is 1. The number of aromatic nitrogens is 2. The maximum Gasteiger partial charge on any atom is 0.290 e. The van der Waals surface area contributed by atoms with Gasteiger partial charge in [0.1, 0.15) is 11.4 Å². The van der Waals surface area contributed by atoms with Gasteiger partial charge in [0, 0.05) is 19.6 Å². The molecule has 2 aliphatic rings. The van der Waals surface area contributed by atoms with Gasteiger partial charge in [0.2, 0.25) is 0 Å². The maximum absolute atomic E-state index is 13.5. The Morgan fingerprint density at radius 2 is 1.82 bits per heavy atom. The van der Waals surface area contributed by atoms with Gasteiger partial charge in [-0.25, -0.2) is 5.01 Å². The van der Waals surface area contributed by atoms with Gasteiger partial charge in [-0.1, -0.05) is 12.1 Å². The van der Waals surface area contributed by atoms with Crippen molar-refractivity contribution in [1.82, 2.24) is 19.8 Å². The van der Waals surface area contributed by atoms with E-state index in [-0.39, 0.29) is 11.8 Å². The van der Waals surface area contributed by atoms with Crippen LogP contribution in [0.3, 0.4) is 0 Å². The molecular weight excluding hydrogens is 356 g/mol. The lowest BCUT2D eigenvalue weighted by atomic mass is 9.94. The molecule has 1 saturated carbocycles. The second-order valence-electron chi connectivity index (χ2n) is 7.51. The Balaban J connectivity index is 1.59. The standard InChI is InChI=1S/C21H26N4O3/c1-4-23-18(14-15(2)22-23)19(26)24-12-5-13-25(24)20(27)21(10-11-21)16-6-8-17(28-3)9-7-16/h6-9,14H,4-5,10-13H2,1-3H3. The van der Waals surface area contributed by atoms with Crippen LogP contribution in [0.2, 0.25) is 0 Å². The number of methoxy groups -OCH3 is 1. The monoisotopic (exact) mass is 382 g/mol. The second kappa shape index (κ2) is 6.96. The molecule has 0 radical (unpaired) electrons. The van der Waals surface area contributed by atoms with Crippen molar-refractivity contribution in [3.63, 3.8) is 0 Å². The molecule has 0 N–H and O–H groups in total. The number of hydrogen-bond acceptors (Lipinski definition) is 4. The quantitative estimate of drug-likeness (QED) is 0.797. The van der Waals surface area contributed by atoms with Crippen LogP contribution in [0.5, 0.6) is 5.75 Å². The number of carbonyl (C=O) groups is 2. The molecule has 1 aliphatic heterocycles. The largest absolute Gasteiger partial charge is 0.497 e. The van der Waals surface area contributed by atoms with Gasteiger partial charge < -0.3 is 4.74 Å². The number of rotatable bonds is 5. The molecule has 2 heterocycles. The van der Waals surface area contributed by atoms with Crippen LogP contribution < -0.4 is 4.74 Å². The number of nitrogens with zero attached hydrogens (tertiary/aromatic N) is 4. The molecule has 0 spiro atoms. The number of ether oxygens (including phenoxy) is 1. The summed E-state index contributed by atoms with van der Waals surface area (Å²) in [6.45, 7) is 5.57. The van der Waals surface area contributed by atoms with Crippen LogP contribution in [0.25, 0.3) is 0 Å². The first-order valence-electron chi connectivity index (χ1n) is 9.83. The Morgan fingerprint density at radius 1 is 1.14 bits per heavy atom. The fourth-order valence-electron chi connectivity index (χ4n) is 4.03. The number of amides is 2. The fourth-order valence-corrected chi connectivity index (χ4v) is 4.03. The van der Waals surface area contributed by atoms with Crippen molar-refractivity contribution in [1.29, 1.82) is 0 Å². The zero-order valence-corrected chi connectivity index (χ0v) is 16.6. The van der Waals surface area contributed by atoms with Crippen molar-refractivity contribution in [3.05, 3.63) is 47.3 Å². The minimum absolute atomic E-state index is 0.0165. The highest BCUT2D eigenvalue weighted by Gasteiger charge is 2.55. The fraction of sp³-hybridized carbons (Fsp3) is 0.476. The summed E-state index contributed by atoms with van der Waals surface area (Å²) in [5, 5.41) is 7.63. The molecule has 148 valence electrons. The molecule has 4 rings (SSSR count). The topological polar surface area (TPSA) is 67.7 Å². The SMILES string of the molecule is CCn1nc(C)cc1C(=O)N1CCCN1C(=O)C1(c2ccc(OC)cc2)CC1. The average Bonchev–Trinajstić information content (AvgIpc) is 3.22. The Labute approximate surface area is 164 Å². The molecule has 1 aliphatic carbocycles. The highest BCUT2D eigenvalue weighted by molar-refractivity contribution is 5.97. The van der Waals surface area contributed by atoms with Gasteiger partial charge in [-0.2, -0.15) is 5.10 Å². The third-order valence-electron chi connectivity index (χ3n) is 5.72. The van der Waals surface area contributed by atoms with E-state index in [0.29, 0.717) is 25.3 Å². The smallest absolute Gasteiger partial charge is 0.290 e. The number of hydrogen-bond donors (Lipinski definition) is 0. The van der Waals surface area contributed by atoms with Crippen molar-refractivity contribution < 1.29 is 14.3 Å². The first-order chi connectivity index (χ1) is 13.5. The van der Waals surface area contributed by atoms with Crippen LogP contribution in [0.4, 0.5) is 0 Å². The lowest BCUT2D eigenvalue weighted by Crippen LogP contribution is -2.49. The van der Waals surface area contributed by atoms with Crippen LogP contribution in [0.1, 0.15) is 47.9 Å². The predicted octanol–water partition coefficient (Wildman–Crippen LogP) is 2.54. The normalized spacial score (nSPS) is 17.7. The summed E-state index contributed by atoms with van der Waals surface area (Å²) in [4.78, 5) is 26.6. The molecule has 2 aromatic rings. The van der Waals surface area contributed by atoms with E-state index in [9.17, 15) is 9.59 Å². The van der Waals surface area contributed by atoms with Crippen LogP contribution >= 0.6 is 0 Å². The molecule has 1 aromatic carbocycles. The molecule has 28 heavy (non-hydrogen) atoms. The van der Waals surface area contributed by atoms with Crippen LogP contribution in [-0.4, -0.2) is 51.8 Å². The van der Waals surface area contributed by atoms with Crippen molar-refractivity contribution in [2.75, 3.05) is 20.2 Å². The van der Waals surface area contributed by atoms with Gasteiger partial charge in [-0.3, -0.25) is 19.3 Å². The molecule has 2 amide bonds. The summed E-state index contributed by atoms with van der Waals surface area (Å²) < 4.78 is 6.93. The summed E-state index contributed by atoms with van der Waals surface area (Å²) in [6.07, 6.45) is 2.40. The lowest BCUT2D eigenvalue weighted by molar-refractivity contribution is -0.143. The van der Waals surface area contributed by atoms with Crippen LogP contribution in [-0.2, 0) is 16.8 Å². The van der Waals surface area contributed by atoms with E-state index in [0.717, 1.165) is 36.3 Å². The minimum atomic E-state index is -0.518. The van der Waals surface area contributed by atoms with Gasteiger partial charge >= 0.3 is 0 Å². The van der Waals surface area contributed by atoms with E-state index in [4.69, 9.17) is 4.74 Å². The summed E-state index contributed by atoms with van der Waals surface area (Å²) in [6, 6.07) is 9.49. The maximum atomic E-state index is 13.5. The Kier molecular flexibility index (Phi) is 4.61. The predicted molar refractivity (Wildman–Crippen MR) is 104 cm³/mol. The molecule has 7 heteroatoms. The van der Waals surface area contributed by atoms with E-state index in [1.54, 1.807) is 27.9 Å². The molecule has 7 nitrogen and oxygen atoms in total. The number of hydrazine groups is 1. The summed E-state index contributed by atoms with van der Waals surface area (Å²) >= 11 is 0. The molecule has 0 bridgehead atoms. The van der Waals surface area contributed by atoms with Crippen molar-refractivity contribution in [3.8, 4) is 5.75 Å². The third kappa shape index (κ3) is 2.95. The first-order valence-corrected chi connectivity index (χ1v) is 9.83. The molecular formula is C21H26N4O3. The zero-order chi connectivity index (χ0) is 19.9. The Bertz CT molecular complexity index is 899. The molecule has 0 atom stereocenters. The summed E-state index contributed by atoms with van der Waals surface area (Å²) in [5.74, 6) is 0.634. The molecule has 1 aromatic heterocycles. The Morgan fingerprint density at radius 3 is 2.43 bits per heavy atom. The van der Waals surface area contributed by atoms with Crippen molar-refractivity contribution >= 4 is 11.8 Å². The highest BCUT2D eigenvalue weighted by Crippen LogP contribution is 2.50. The van der Waals surface area contributed by atoms with E-state index in [1.165, 1.54) is 0 Å². The van der Waals surface area contributed by atoms with Crippen molar-refractivity contribution in [2.24, 2.45) is 0 Å². The number of aryl methyl sites for hydroxylation is 2. The number of carbonyl (C=O) groups excluding carboxylic acids is 2. The second-order valence-corrected chi connectivity index (χ2v) is 7.51. The molecule has 0 unspecified atom stereocenters. The average molecular weight is 382 g/mol. The van der Waals surface area contributed by atoms with E-state index < -0.39 is 5.41 Å². The van der Waals surface area contributed by atoms with E-state index >= 15 is 0 Å². The first kappa shape index (κ1) is 18.5. The van der Waals surface area contributed by atoms with Crippen LogP contribution in [0, 0.1) is 6.92 Å². The minimum Gasteiger partial charge on any atom is -0.497 e. The Hall–Kier alpha value is -2.83. The van der Waals surface area contributed by atoms with Gasteiger partial charge in [0.15, 0.2) is 0 Å². The molecule has 1 saturated heterocycles. The van der Waals surface area contributed by atoms with Gasteiger partial charge in [0.25, 0.3) is 11.8 Å². The lowest BCUT2D eigenvalue weighted by Gasteiger charge is -2.31. The third-order valence-corrected chi connectivity index (χ3v) is 5.72. The van der Waals surface area contributed by atoms with Crippen molar-refractivity contribution in [2.45, 2.75) is 45.1 Å². The summed E-state index contributed by atoms with van der Waals surface area (Å²) in [5.41, 5.74) is 1.82.